The van der Waals surface area contributed by atoms with Crippen LogP contribution in [0.5, 0.6) is 0 Å². The summed E-state index contributed by atoms with van der Waals surface area (Å²) >= 11 is -1.68. The van der Waals surface area contributed by atoms with Gasteiger partial charge in [-0.05, 0) is 96.1 Å². The molecule has 0 aromatic heterocycles. The van der Waals surface area contributed by atoms with Crippen molar-refractivity contribution in [1.29, 1.82) is 0 Å². The Labute approximate surface area is 284 Å². The molecule has 0 radical (unpaired) electrons. The molecule has 48 heavy (non-hydrogen) atoms. The SMILES string of the molecule is O=S(OC(c1ccc(N(c2ccccc2)c2ccccc2)cc1)c1ccc(N(c2ccccc2)c2ccccc2)cc1)c1ccccc1. The highest BCUT2D eigenvalue weighted by molar-refractivity contribution is 7.80. The van der Waals surface area contributed by atoms with Gasteiger partial charge in [-0.15, -0.1) is 0 Å². The first-order valence-electron chi connectivity index (χ1n) is 15.9. The fourth-order valence-corrected chi connectivity index (χ4v) is 6.66. The minimum atomic E-state index is -1.68. The fraction of sp³-hybridized carbons (Fsp3) is 0.0233. The first-order chi connectivity index (χ1) is 23.7. The Hall–Kier alpha value is -5.75. The highest BCUT2D eigenvalue weighted by atomic mass is 32.2. The van der Waals surface area contributed by atoms with E-state index in [2.05, 4.69) is 107 Å². The predicted octanol–water partition coefficient (Wildman–Crippen LogP) is 11.5. The number of hydrogen-bond donors (Lipinski definition) is 0. The van der Waals surface area contributed by atoms with Crippen LogP contribution in [-0.2, 0) is 15.3 Å². The molecule has 5 heteroatoms. The van der Waals surface area contributed by atoms with Crippen molar-refractivity contribution in [2.45, 2.75) is 11.0 Å². The van der Waals surface area contributed by atoms with Gasteiger partial charge in [0.15, 0.2) is 11.1 Å². The van der Waals surface area contributed by atoms with Gasteiger partial charge >= 0.3 is 0 Å². The number of nitrogens with zero attached hydrogens (tertiary/aromatic N) is 2. The molecule has 0 aliphatic heterocycles. The van der Waals surface area contributed by atoms with Crippen LogP contribution in [0, 0.1) is 0 Å². The van der Waals surface area contributed by atoms with Crippen molar-refractivity contribution in [2.24, 2.45) is 0 Å². The Balaban J connectivity index is 1.25. The average Bonchev–Trinajstić information content (AvgIpc) is 3.17. The van der Waals surface area contributed by atoms with E-state index < -0.39 is 17.2 Å². The lowest BCUT2D eigenvalue weighted by molar-refractivity contribution is 0.275. The summed E-state index contributed by atoms with van der Waals surface area (Å²) in [5.41, 5.74) is 8.07. The predicted molar refractivity (Wildman–Crippen MR) is 198 cm³/mol. The highest BCUT2D eigenvalue weighted by Crippen LogP contribution is 2.38. The second-order valence-corrected chi connectivity index (χ2v) is 12.4. The van der Waals surface area contributed by atoms with E-state index in [0.717, 1.165) is 45.3 Å². The second kappa shape index (κ2) is 14.8. The normalized spacial score (nSPS) is 11.6. The van der Waals surface area contributed by atoms with Gasteiger partial charge in [0.1, 0.15) is 6.10 Å². The number of rotatable bonds is 11. The molecule has 0 spiro atoms. The molecule has 0 aliphatic carbocycles. The molecule has 0 saturated heterocycles. The molecule has 7 aromatic carbocycles. The van der Waals surface area contributed by atoms with Crippen molar-refractivity contribution < 1.29 is 8.39 Å². The van der Waals surface area contributed by atoms with Gasteiger partial charge in [0.05, 0.1) is 4.90 Å². The molecule has 0 amide bonds. The van der Waals surface area contributed by atoms with Crippen LogP contribution >= 0.6 is 0 Å². The van der Waals surface area contributed by atoms with E-state index in [4.69, 9.17) is 4.18 Å². The highest BCUT2D eigenvalue weighted by Gasteiger charge is 2.22. The van der Waals surface area contributed by atoms with Gasteiger partial charge < -0.3 is 9.80 Å². The number of benzene rings is 7. The average molecular weight is 643 g/mol. The van der Waals surface area contributed by atoms with E-state index in [1.54, 1.807) is 0 Å². The van der Waals surface area contributed by atoms with E-state index in [-0.39, 0.29) is 0 Å². The summed E-state index contributed by atoms with van der Waals surface area (Å²) in [6.45, 7) is 0. The fourth-order valence-electron chi connectivity index (χ4n) is 5.78. The zero-order valence-electron chi connectivity index (χ0n) is 26.2. The summed E-state index contributed by atoms with van der Waals surface area (Å²) in [6.07, 6.45) is -0.571. The maximum atomic E-state index is 13.6. The zero-order valence-corrected chi connectivity index (χ0v) is 27.1. The van der Waals surface area contributed by atoms with Gasteiger partial charge in [-0.2, -0.15) is 0 Å². The first-order valence-corrected chi connectivity index (χ1v) is 17.0. The van der Waals surface area contributed by atoms with Crippen LogP contribution in [0.1, 0.15) is 17.2 Å². The van der Waals surface area contributed by atoms with Crippen LogP contribution in [0.4, 0.5) is 34.1 Å². The number of hydrogen-bond acceptors (Lipinski definition) is 4. The quantitative estimate of drug-likeness (QED) is 0.141. The summed E-state index contributed by atoms with van der Waals surface area (Å²) in [6, 6.07) is 67.2. The summed E-state index contributed by atoms with van der Waals surface area (Å²) in [5, 5.41) is 0. The lowest BCUT2D eigenvalue weighted by atomic mass is 10.0. The molecule has 7 aromatic rings. The number of para-hydroxylation sites is 4. The zero-order chi connectivity index (χ0) is 32.5. The van der Waals surface area contributed by atoms with Gasteiger partial charge in [0, 0.05) is 34.1 Å². The van der Waals surface area contributed by atoms with Crippen molar-refractivity contribution in [3.63, 3.8) is 0 Å². The maximum absolute atomic E-state index is 13.6. The van der Waals surface area contributed by atoms with E-state index in [9.17, 15) is 4.21 Å². The third-order valence-electron chi connectivity index (χ3n) is 8.08. The van der Waals surface area contributed by atoms with Gasteiger partial charge in [-0.25, -0.2) is 4.21 Å². The summed E-state index contributed by atoms with van der Waals surface area (Å²) in [7, 11) is 0. The van der Waals surface area contributed by atoms with Gasteiger partial charge in [-0.3, -0.25) is 4.18 Å². The second-order valence-electron chi connectivity index (χ2n) is 11.2. The Kier molecular flexibility index (Phi) is 9.51. The summed E-state index contributed by atoms with van der Waals surface area (Å²) in [4.78, 5) is 5.06. The molecule has 0 N–H and O–H groups in total. The third kappa shape index (κ3) is 6.98. The van der Waals surface area contributed by atoms with E-state index in [1.165, 1.54) is 0 Å². The summed E-state index contributed by atoms with van der Waals surface area (Å²) in [5.74, 6) is 0. The third-order valence-corrected chi connectivity index (χ3v) is 9.11. The van der Waals surface area contributed by atoms with E-state index in [0.29, 0.717) is 4.90 Å². The molecule has 1 atom stereocenters. The molecular weight excluding hydrogens is 609 g/mol. The Morgan fingerprint density at radius 3 is 0.938 bits per heavy atom. The van der Waals surface area contributed by atoms with Crippen LogP contribution in [0.15, 0.2) is 205 Å². The molecule has 0 aliphatic rings. The molecule has 0 heterocycles. The minimum absolute atomic E-state index is 0.571. The standard InChI is InChI=1S/C43H34N2O2S/c46-48(42-24-14-5-15-25-42)47-43(34-26-30-40(31-27-34)44(36-16-6-1-7-17-36)37-18-8-2-9-19-37)35-28-32-41(33-29-35)45(38-20-10-3-11-21-38)39-22-12-4-13-23-39/h1-33,43H. The van der Waals surface area contributed by atoms with Crippen LogP contribution < -0.4 is 9.80 Å². The molecule has 4 nitrogen and oxygen atoms in total. The van der Waals surface area contributed by atoms with Crippen molar-refractivity contribution in [2.75, 3.05) is 9.80 Å². The van der Waals surface area contributed by atoms with Gasteiger partial charge in [0.25, 0.3) is 0 Å². The Morgan fingerprint density at radius 2 is 0.625 bits per heavy atom. The molecule has 0 saturated carbocycles. The minimum Gasteiger partial charge on any atom is -0.311 e. The summed E-state index contributed by atoms with van der Waals surface area (Å²) < 4.78 is 20.0. The topological polar surface area (TPSA) is 32.8 Å². The molecule has 7 rings (SSSR count). The van der Waals surface area contributed by atoms with E-state index >= 15 is 0 Å². The lowest BCUT2D eigenvalue weighted by Crippen LogP contribution is -2.12. The van der Waals surface area contributed by atoms with Crippen LogP contribution in [-0.4, -0.2) is 4.21 Å². The van der Waals surface area contributed by atoms with Crippen LogP contribution in [0.2, 0.25) is 0 Å². The smallest absolute Gasteiger partial charge is 0.190 e. The van der Waals surface area contributed by atoms with Crippen LogP contribution in [0.25, 0.3) is 0 Å². The molecule has 0 fully saturated rings. The van der Waals surface area contributed by atoms with E-state index in [1.807, 2.05) is 103 Å². The monoisotopic (exact) mass is 642 g/mol. The van der Waals surface area contributed by atoms with Gasteiger partial charge in [0.2, 0.25) is 0 Å². The molecular formula is C43H34N2O2S. The van der Waals surface area contributed by atoms with Crippen molar-refractivity contribution >= 4 is 45.2 Å². The Bertz CT molecular complexity index is 1840. The Morgan fingerprint density at radius 1 is 0.354 bits per heavy atom. The lowest BCUT2D eigenvalue weighted by Gasteiger charge is -2.27. The van der Waals surface area contributed by atoms with Crippen molar-refractivity contribution in [3.05, 3.63) is 211 Å². The van der Waals surface area contributed by atoms with Gasteiger partial charge in [-0.1, -0.05) is 115 Å². The molecule has 1 unspecified atom stereocenters. The largest absolute Gasteiger partial charge is 0.311 e. The number of anilines is 6. The molecule has 234 valence electrons. The maximum Gasteiger partial charge on any atom is 0.190 e. The van der Waals surface area contributed by atoms with Crippen molar-refractivity contribution in [1.82, 2.24) is 0 Å². The van der Waals surface area contributed by atoms with Crippen LogP contribution in [0.3, 0.4) is 0 Å². The van der Waals surface area contributed by atoms with Crippen molar-refractivity contribution in [3.8, 4) is 0 Å². The molecule has 0 bridgehead atoms. The first kappa shape index (κ1) is 30.9.